The number of nitrogens with zero attached hydrogens (tertiary/aromatic N) is 3. The maximum atomic E-state index is 5.85. The van der Waals surface area contributed by atoms with Crippen molar-refractivity contribution in [2.24, 2.45) is 0 Å². The van der Waals surface area contributed by atoms with Gasteiger partial charge in [0.2, 0.25) is 0 Å². The Kier molecular flexibility index (Phi) is 3.66. The molecule has 16 heavy (non-hydrogen) atoms. The summed E-state index contributed by atoms with van der Waals surface area (Å²) in [5.41, 5.74) is 0. The zero-order valence-electron chi connectivity index (χ0n) is 9.86. The summed E-state index contributed by atoms with van der Waals surface area (Å²) in [5, 5.41) is 0.701. The first kappa shape index (κ1) is 11.7. The minimum absolute atomic E-state index is 0.587. The fourth-order valence-corrected chi connectivity index (χ4v) is 2.40. The summed E-state index contributed by atoms with van der Waals surface area (Å²) in [7, 11) is 4.23. The maximum absolute atomic E-state index is 5.85. The highest BCUT2D eigenvalue weighted by atomic mass is 35.5. The SMILES string of the molecule is CN(C)CC1CCCN1c1ccc(Cl)cn1. The molecule has 0 radical (unpaired) electrons. The standard InChI is InChI=1S/C12H18ClN3/c1-15(2)9-11-4-3-7-16(11)12-6-5-10(13)8-14-12/h5-6,8,11H,3-4,7,9H2,1-2H3. The lowest BCUT2D eigenvalue weighted by Gasteiger charge is -2.28. The van der Waals surface area contributed by atoms with E-state index in [1.165, 1.54) is 12.8 Å². The average Bonchev–Trinajstić information content (AvgIpc) is 2.66. The molecular formula is C12H18ClN3. The Morgan fingerprint density at radius 3 is 2.94 bits per heavy atom. The van der Waals surface area contributed by atoms with E-state index < -0.39 is 0 Å². The number of anilines is 1. The van der Waals surface area contributed by atoms with Gasteiger partial charge in [0, 0.05) is 25.3 Å². The summed E-state index contributed by atoms with van der Waals surface area (Å²) < 4.78 is 0. The molecule has 0 amide bonds. The molecule has 1 aliphatic heterocycles. The fourth-order valence-electron chi connectivity index (χ4n) is 2.29. The first-order valence-corrected chi connectivity index (χ1v) is 6.07. The van der Waals surface area contributed by atoms with Gasteiger partial charge in [0.25, 0.3) is 0 Å². The quantitative estimate of drug-likeness (QED) is 0.807. The summed E-state index contributed by atoms with van der Waals surface area (Å²) in [5.74, 6) is 1.05. The second-order valence-corrected chi connectivity index (χ2v) is 5.02. The van der Waals surface area contributed by atoms with Crippen LogP contribution in [0.5, 0.6) is 0 Å². The zero-order valence-corrected chi connectivity index (χ0v) is 10.6. The van der Waals surface area contributed by atoms with Gasteiger partial charge in [0.15, 0.2) is 0 Å². The number of hydrogen-bond acceptors (Lipinski definition) is 3. The van der Waals surface area contributed by atoms with Gasteiger partial charge in [-0.3, -0.25) is 0 Å². The predicted molar refractivity (Wildman–Crippen MR) is 68.2 cm³/mol. The largest absolute Gasteiger partial charge is 0.352 e. The molecule has 3 nitrogen and oxygen atoms in total. The zero-order chi connectivity index (χ0) is 11.5. The van der Waals surface area contributed by atoms with Crippen LogP contribution >= 0.6 is 11.6 Å². The third kappa shape index (κ3) is 2.66. The van der Waals surface area contributed by atoms with Crippen molar-refractivity contribution in [1.82, 2.24) is 9.88 Å². The first-order valence-electron chi connectivity index (χ1n) is 5.70. The number of rotatable bonds is 3. The van der Waals surface area contributed by atoms with Crippen LogP contribution in [0.15, 0.2) is 18.3 Å². The number of hydrogen-bond donors (Lipinski definition) is 0. The van der Waals surface area contributed by atoms with Crippen LogP contribution in [-0.4, -0.2) is 43.1 Å². The molecule has 0 aliphatic carbocycles. The van der Waals surface area contributed by atoms with Crippen LogP contribution in [0.2, 0.25) is 5.02 Å². The van der Waals surface area contributed by atoms with E-state index >= 15 is 0 Å². The number of likely N-dealkylation sites (N-methyl/N-ethyl adjacent to an activating group) is 1. The van der Waals surface area contributed by atoms with E-state index in [2.05, 4.69) is 28.9 Å². The topological polar surface area (TPSA) is 19.4 Å². The van der Waals surface area contributed by atoms with Crippen LogP contribution in [-0.2, 0) is 0 Å². The van der Waals surface area contributed by atoms with E-state index in [1.54, 1.807) is 6.20 Å². The Hall–Kier alpha value is -0.800. The third-order valence-corrected chi connectivity index (χ3v) is 3.18. The van der Waals surface area contributed by atoms with Gasteiger partial charge >= 0.3 is 0 Å². The molecule has 0 spiro atoms. The molecule has 1 atom stereocenters. The van der Waals surface area contributed by atoms with Gasteiger partial charge in [-0.1, -0.05) is 11.6 Å². The normalized spacial score (nSPS) is 20.8. The molecule has 1 saturated heterocycles. The Morgan fingerprint density at radius 1 is 1.50 bits per heavy atom. The van der Waals surface area contributed by atoms with Gasteiger partial charge in [-0.15, -0.1) is 0 Å². The van der Waals surface area contributed by atoms with Gasteiger partial charge in [-0.25, -0.2) is 4.98 Å². The lowest BCUT2D eigenvalue weighted by molar-refractivity contribution is 0.371. The molecular weight excluding hydrogens is 222 g/mol. The van der Waals surface area contributed by atoms with Crippen molar-refractivity contribution in [3.63, 3.8) is 0 Å². The molecule has 4 heteroatoms. The van der Waals surface area contributed by atoms with Gasteiger partial charge in [0.1, 0.15) is 5.82 Å². The van der Waals surface area contributed by atoms with Crippen molar-refractivity contribution in [3.8, 4) is 0 Å². The molecule has 0 aromatic carbocycles. The minimum atomic E-state index is 0.587. The second kappa shape index (κ2) is 5.02. The van der Waals surface area contributed by atoms with E-state index in [9.17, 15) is 0 Å². The summed E-state index contributed by atoms with van der Waals surface area (Å²) in [6.45, 7) is 2.19. The number of aromatic nitrogens is 1. The van der Waals surface area contributed by atoms with Crippen LogP contribution in [0.1, 0.15) is 12.8 Å². The van der Waals surface area contributed by atoms with Gasteiger partial charge in [-0.2, -0.15) is 0 Å². The van der Waals surface area contributed by atoms with Crippen LogP contribution < -0.4 is 4.90 Å². The fraction of sp³-hybridized carbons (Fsp3) is 0.583. The molecule has 2 rings (SSSR count). The van der Waals surface area contributed by atoms with Gasteiger partial charge in [0.05, 0.1) is 5.02 Å². The monoisotopic (exact) mass is 239 g/mol. The summed E-state index contributed by atoms with van der Waals surface area (Å²) >= 11 is 5.85. The van der Waals surface area contributed by atoms with Crippen molar-refractivity contribution >= 4 is 17.4 Å². The lowest BCUT2D eigenvalue weighted by atomic mass is 10.2. The van der Waals surface area contributed by atoms with Crippen LogP contribution in [0.4, 0.5) is 5.82 Å². The van der Waals surface area contributed by atoms with Crippen LogP contribution in [0.3, 0.4) is 0 Å². The van der Waals surface area contributed by atoms with E-state index in [0.29, 0.717) is 11.1 Å². The molecule has 2 heterocycles. The Labute approximate surface area is 102 Å². The molecule has 1 fully saturated rings. The highest BCUT2D eigenvalue weighted by Crippen LogP contribution is 2.24. The van der Waals surface area contributed by atoms with E-state index in [0.717, 1.165) is 18.9 Å². The average molecular weight is 240 g/mol. The van der Waals surface area contributed by atoms with Crippen molar-refractivity contribution in [2.75, 3.05) is 32.1 Å². The molecule has 1 aromatic rings. The first-order chi connectivity index (χ1) is 7.66. The molecule has 1 aromatic heterocycles. The molecule has 1 aliphatic rings. The maximum Gasteiger partial charge on any atom is 0.128 e. The highest BCUT2D eigenvalue weighted by Gasteiger charge is 2.25. The molecule has 0 bridgehead atoms. The highest BCUT2D eigenvalue weighted by molar-refractivity contribution is 6.30. The molecule has 88 valence electrons. The Balaban J connectivity index is 2.10. The van der Waals surface area contributed by atoms with Crippen molar-refractivity contribution in [1.29, 1.82) is 0 Å². The number of pyridine rings is 1. The molecule has 0 N–H and O–H groups in total. The van der Waals surface area contributed by atoms with Crippen LogP contribution in [0.25, 0.3) is 0 Å². The Bertz CT molecular complexity index is 337. The number of halogens is 1. The van der Waals surface area contributed by atoms with E-state index in [4.69, 9.17) is 11.6 Å². The third-order valence-electron chi connectivity index (χ3n) is 2.96. The molecule has 0 saturated carbocycles. The predicted octanol–water partition coefficient (Wildman–Crippen LogP) is 2.27. The van der Waals surface area contributed by atoms with Gasteiger partial charge < -0.3 is 9.80 Å². The Morgan fingerprint density at radius 2 is 2.31 bits per heavy atom. The summed E-state index contributed by atoms with van der Waals surface area (Å²) in [6.07, 6.45) is 4.23. The van der Waals surface area contributed by atoms with Crippen molar-refractivity contribution in [2.45, 2.75) is 18.9 Å². The smallest absolute Gasteiger partial charge is 0.128 e. The van der Waals surface area contributed by atoms with Crippen LogP contribution in [0, 0.1) is 0 Å². The lowest BCUT2D eigenvalue weighted by Crippen LogP contribution is -2.37. The van der Waals surface area contributed by atoms with E-state index in [-0.39, 0.29) is 0 Å². The van der Waals surface area contributed by atoms with Gasteiger partial charge in [-0.05, 0) is 39.1 Å². The van der Waals surface area contributed by atoms with E-state index in [1.807, 2.05) is 12.1 Å². The summed E-state index contributed by atoms with van der Waals surface area (Å²) in [4.78, 5) is 9.01. The minimum Gasteiger partial charge on any atom is -0.352 e. The second-order valence-electron chi connectivity index (χ2n) is 4.59. The van der Waals surface area contributed by atoms with Crippen molar-refractivity contribution in [3.05, 3.63) is 23.4 Å². The van der Waals surface area contributed by atoms with Crippen molar-refractivity contribution < 1.29 is 0 Å². The molecule has 1 unspecified atom stereocenters. The summed E-state index contributed by atoms with van der Waals surface area (Å²) in [6, 6.07) is 4.51.